The Morgan fingerprint density at radius 2 is 1.83 bits per heavy atom. The molecular weight excluding hydrogens is 424 g/mol. The standard InChI is InChI=1S/C16H9BrCl3NO2/c17-14-10-6-9(18)2-4-13(10)21(15(14)16(22)23)7-8-1-3-11(19)12(20)5-8/h1-6H,7H2,(H,22,23). The van der Waals surface area contributed by atoms with E-state index in [4.69, 9.17) is 34.8 Å². The second-order valence-electron chi connectivity index (χ2n) is 4.96. The number of rotatable bonds is 3. The predicted molar refractivity (Wildman–Crippen MR) is 97.2 cm³/mol. The normalized spacial score (nSPS) is 11.1. The molecule has 23 heavy (non-hydrogen) atoms. The zero-order valence-corrected chi connectivity index (χ0v) is 15.3. The third kappa shape index (κ3) is 3.09. The van der Waals surface area contributed by atoms with E-state index in [0.717, 1.165) is 16.5 Å². The molecule has 1 N–H and O–H groups in total. The summed E-state index contributed by atoms with van der Waals surface area (Å²) in [4.78, 5) is 11.7. The lowest BCUT2D eigenvalue weighted by Gasteiger charge is -2.09. The van der Waals surface area contributed by atoms with Gasteiger partial charge in [0.15, 0.2) is 0 Å². The van der Waals surface area contributed by atoms with Crippen molar-refractivity contribution in [2.24, 2.45) is 0 Å². The molecule has 0 fully saturated rings. The number of carboxylic acids is 1. The number of hydrogen-bond donors (Lipinski definition) is 1. The number of hydrogen-bond acceptors (Lipinski definition) is 1. The fourth-order valence-electron chi connectivity index (χ4n) is 2.48. The SMILES string of the molecule is O=C(O)c1c(Br)c2cc(Cl)ccc2n1Cc1ccc(Cl)c(Cl)c1. The Hall–Kier alpha value is -1.20. The molecule has 2 aromatic carbocycles. The lowest BCUT2D eigenvalue weighted by atomic mass is 10.2. The quantitative estimate of drug-likeness (QED) is 0.541. The van der Waals surface area contributed by atoms with Gasteiger partial charge in [0.2, 0.25) is 0 Å². The summed E-state index contributed by atoms with van der Waals surface area (Å²) in [6.45, 7) is 0.349. The van der Waals surface area contributed by atoms with E-state index in [2.05, 4.69) is 15.9 Å². The van der Waals surface area contributed by atoms with Gasteiger partial charge in [-0.05, 0) is 51.8 Å². The maximum absolute atomic E-state index is 11.7. The molecule has 0 saturated carbocycles. The summed E-state index contributed by atoms with van der Waals surface area (Å²) in [5.74, 6) is -1.02. The van der Waals surface area contributed by atoms with Crippen molar-refractivity contribution >= 4 is 67.6 Å². The molecule has 0 saturated heterocycles. The molecule has 0 radical (unpaired) electrons. The first kappa shape index (κ1) is 16.7. The van der Waals surface area contributed by atoms with E-state index in [1.165, 1.54) is 0 Å². The maximum Gasteiger partial charge on any atom is 0.353 e. The third-order valence-electron chi connectivity index (χ3n) is 3.49. The van der Waals surface area contributed by atoms with E-state index in [-0.39, 0.29) is 5.69 Å². The molecule has 0 unspecified atom stereocenters. The lowest BCUT2D eigenvalue weighted by Crippen LogP contribution is -2.10. The lowest BCUT2D eigenvalue weighted by molar-refractivity contribution is 0.0685. The number of halogens is 4. The smallest absolute Gasteiger partial charge is 0.353 e. The van der Waals surface area contributed by atoms with Gasteiger partial charge in [0.1, 0.15) is 5.69 Å². The Bertz CT molecular complexity index is 937. The maximum atomic E-state index is 11.7. The van der Waals surface area contributed by atoms with Crippen molar-refractivity contribution in [1.29, 1.82) is 0 Å². The highest BCUT2D eigenvalue weighted by Crippen LogP contribution is 2.34. The average molecular weight is 434 g/mol. The van der Waals surface area contributed by atoms with Crippen LogP contribution in [0.1, 0.15) is 16.1 Å². The number of carboxylic acid groups (broad SMARTS) is 1. The first-order chi connectivity index (χ1) is 10.9. The zero-order valence-electron chi connectivity index (χ0n) is 11.5. The van der Waals surface area contributed by atoms with Crippen LogP contribution in [0, 0.1) is 0 Å². The van der Waals surface area contributed by atoms with Gasteiger partial charge in [-0.3, -0.25) is 0 Å². The van der Waals surface area contributed by atoms with Gasteiger partial charge < -0.3 is 9.67 Å². The van der Waals surface area contributed by atoms with E-state index in [1.54, 1.807) is 34.9 Å². The van der Waals surface area contributed by atoms with Crippen LogP contribution in [0.2, 0.25) is 15.1 Å². The topological polar surface area (TPSA) is 42.2 Å². The Kier molecular flexibility index (Phi) is 4.61. The van der Waals surface area contributed by atoms with Gasteiger partial charge in [0, 0.05) is 17.0 Å². The van der Waals surface area contributed by atoms with E-state index in [9.17, 15) is 9.90 Å². The van der Waals surface area contributed by atoms with Crippen LogP contribution in [-0.2, 0) is 6.54 Å². The van der Waals surface area contributed by atoms with Gasteiger partial charge in [0.25, 0.3) is 0 Å². The van der Waals surface area contributed by atoms with Crippen molar-refractivity contribution in [3.8, 4) is 0 Å². The van der Waals surface area contributed by atoms with Crippen molar-refractivity contribution in [2.75, 3.05) is 0 Å². The van der Waals surface area contributed by atoms with Crippen molar-refractivity contribution < 1.29 is 9.90 Å². The Morgan fingerprint density at radius 3 is 2.48 bits per heavy atom. The van der Waals surface area contributed by atoms with Gasteiger partial charge in [-0.15, -0.1) is 0 Å². The van der Waals surface area contributed by atoms with E-state index < -0.39 is 5.97 Å². The number of aromatic nitrogens is 1. The average Bonchev–Trinajstić information content (AvgIpc) is 2.75. The Labute approximate surface area is 155 Å². The zero-order chi connectivity index (χ0) is 16.7. The van der Waals surface area contributed by atoms with Gasteiger partial charge in [-0.1, -0.05) is 40.9 Å². The minimum atomic E-state index is -1.02. The number of carbonyl (C=O) groups is 1. The fourth-order valence-corrected chi connectivity index (χ4v) is 3.67. The van der Waals surface area contributed by atoms with E-state index in [1.807, 2.05) is 6.07 Å². The molecule has 0 aliphatic heterocycles. The summed E-state index contributed by atoms with van der Waals surface area (Å²) >= 11 is 21.4. The highest BCUT2D eigenvalue weighted by Gasteiger charge is 2.21. The predicted octanol–water partition coefficient (Wildman–Crippen LogP) is 6.11. The summed E-state index contributed by atoms with van der Waals surface area (Å²) in [6, 6.07) is 10.5. The van der Waals surface area contributed by atoms with Crippen LogP contribution < -0.4 is 0 Å². The highest BCUT2D eigenvalue weighted by molar-refractivity contribution is 9.10. The number of aromatic carboxylic acids is 1. The highest BCUT2D eigenvalue weighted by atomic mass is 79.9. The molecule has 0 spiro atoms. The molecule has 0 atom stereocenters. The first-order valence-electron chi connectivity index (χ1n) is 6.53. The molecule has 3 aromatic rings. The Balaban J connectivity index is 2.20. The second kappa shape index (κ2) is 6.36. The van der Waals surface area contributed by atoms with Gasteiger partial charge in [-0.2, -0.15) is 0 Å². The number of nitrogens with zero attached hydrogens (tertiary/aromatic N) is 1. The molecular formula is C16H9BrCl3NO2. The van der Waals surface area contributed by atoms with Gasteiger partial charge >= 0.3 is 5.97 Å². The summed E-state index contributed by atoms with van der Waals surface area (Å²) in [6.07, 6.45) is 0. The van der Waals surface area contributed by atoms with E-state index >= 15 is 0 Å². The molecule has 1 aromatic heterocycles. The van der Waals surface area contributed by atoms with Crippen LogP contribution >= 0.6 is 50.7 Å². The van der Waals surface area contributed by atoms with Crippen molar-refractivity contribution in [1.82, 2.24) is 4.57 Å². The van der Waals surface area contributed by atoms with Crippen LogP contribution in [0.15, 0.2) is 40.9 Å². The Morgan fingerprint density at radius 1 is 1.09 bits per heavy atom. The molecule has 7 heteroatoms. The summed E-state index contributed by atoms with van der Waals surface area (Å²) in [5.41, 5.74) is 1.78. The monoisotopic (exact) mass is 431 g/mol. The molecule has 0 bridgehead atoms. The molecule has 3 nitrogen and oxygen atoms in total. The van der Waals surface area contributed by atoms with Crippen LogP contribution in [0.4, 0.5) is 0 Å². The molecule has 0 aliphatic rings. The van der Waals surface area contributed by atoms with Gasteiger partial charge in [0.05, 0.1) is 20.0 Å². The minimum Gasteiger partial charge on any atom is -0.477 e. The number of benzene rings is 2. The second-order valence-corrected chi connectivity index (χ2v) is 7.01. The third-order valence-corrected chi connectivity index (χ3v) is 5.27. The summed E-state index contributed by atoms with van der Waals surface area (Å²) < 4.78 is 2.21. The molecule has 118 valence electrons. The van der Waals surface area contributed by atoms with E-state index in [0.29, 0.717) is 26.1 Å². The largest absolute Gasteiger partial charge is 0.477 e. The number of fused-ring (bicyclic) bond motifs is 1. The molecule has 0 amide bonds. The fraction of sp³-hybridized carbons (Fsp3) is 0.0625. The van der Waals surface area contributed by atoms with Crippen molar-refractivity contribution in [3.63, 3.8) is 0 Å². The first-order valence-corrected chi connectivity index (χ1v) is 8.45. The van der Waals surface area contributed by atoms with Crippen LogP contribution in [0.25, 0.3) is 10.9 Å². The summed E-state index contributed by atoms with van der Waals surface area (Å²) in [5, 5.41) is 11.7. The molecule has 0 aliphatic carbocycles. The summed E-state index contributed by atoms with van der Waals surface area (Å²) in [7, 11) is 0. The van der Waals surface area contributed by atoms with Crippen molar-refractivity contribution in [2.45, 2.75) is 6.54 Å². The van der Waals surface area contributed by atoms with Crippen molar-refractivity contribution in [3.05, 3.63) is 67.2 Å². The van der Waals surface area contributed by atoms with Crippen LogP contribution in [-0.4, -0.2) is 15.6 Å². The van der Waals surface area contributed by atoms with Crippen LogP contribution in [0.3, 0.4) is 0 Å². The minimum absolute atomic E-state index is 0.160. The molecule has 3 rings (SSSR count). The molecule has 1 heterocycles. The van der Waals surface area contributed by atoms with Gasteiger partial charge in [-0.25, -0.2) is 4.79 Å². The van der Waals surface area contributed by atoms with Crippen LogP contribution in [0.5, 0.6) is 0 Å².